The number of para-hydroxylation sites is 1. The summed E-state index contributed by atoms with van der Waals surface area (Å²) in [6.07, 6.45) is 2.14. The number of halogens is 1. The lowest BCUT2D eigenvalue weighted by Gasteiger charge is -2.10. The minimum absolute atomic E-state index is 0.199. The molecule has 0 aliphatic heterocycles. The van der Waals surface area contributed by atoms with Crippen molar-refractivity contribution in [3.8, 4) is 11.1 Å². The molecule has 32 heavy (non-hydrogen) atoms. The van der Waals surface area contributed by atoms with Crippen LogP contribution in [0.2, 0.25) is 0 Å². The van der Waals surface area contributed by atoms with Gasteiger partial charge in [0.05, 0.1) is 23.0 Å². The van der Waals surface area contributed by atoms with E-state index in [1.54, 1.807) is 18.2 Å². The van der Waals surface area contributed by atoms with E-state index in [-0.39, 0.29) is 17.7 Å². The molecule has 0 atom stereocenters. The molecule has 0 bridgehead atoms. The number of carbonyl (C=O) groups excluding carboxylic acids is 2. The third kappa shape index (κ3) is 4.21. The summed E-state index contributed by atoms with van der Waals surface area (Å²) >= 11 is 4.92. The van der Waals surface area contributed by atoms with Gasteiger partial charge in [0.2, 0.25) is 5.91 Å². The van der Waals surface area contributed by atoms with Gasteiger partial charge in [-0.05, 0) is 36.2 Å². The van der Waals surface area contributed by atoms with Crippen LogP contribution in [0.15, 0.2) is 64.1 Å². The number of primary amides is 1. The molecule has 0 aliphatic rings. The number of nitrogens with one attached hydrogen (secondary N) is 1. The highest BCUT2D eigenvalue weighted by molar-refractivity contribution is 9.10. The van der Waals surface area contributed by atoms with Crippen LogP contribution in [-0.2, 0) is 17.8 Å². The highest BCUT2D eigenvalue weighted by Gasteiger charge is 2.19. The Morgan fingerprint density at radius 2 is 1.88 bits per heavy atom. The van der Waals surface area contributed by atoms with Crippen LogP contribution in [0.3, 0.4) is 0 Å². The number of anilines is 1. The summed E-state index contributed by atoms with van der Waals surface area (Å²) in [5.74, 6) is -1.11. The van der Waals surface area contributed by atoms with Crippen LogP contribution in [0.4, 0.5) is 5.69 Å². The number of fused-ring (bicyclic) bond motifs is 1. The van der Waals surface area contributed by atoms with Gasteiger partial charge in [-0.15, -0.1) is 11.3 Å². The zero-order valence-corrected chi connectivity index (χ0v) is 19.5. The van der Waals surface area contributed by atoms with Crippen LogP contribution in [0.5, 0.6) is 0 Å². The Balaban J connectivity index is 1.72. The van der Waals surface area contributed by atoms with E-state index in [4.69, 9.17) is 5.73 Å². The van der Waals surface area contributed by atoms with Crippen LogP contribution in [0.1, 0.15) is 22.2 Å². The average molecular weight is 511 g/mol. The number of carbonyl (C=O) groups is 2. The molecule has 3 N–H and O–H groups in total. The smallest absolute Gasteiger partial charge is 0.263 e. The zero-order valence-electron chi connectivity index (χ0n) is 17.1. The monoisotopic (exact) mass is 510 g/mol. The molecule has 0 radical (unpaired) electrons. The fraction of sp³-hybridized carbons (Fsp3) is 0.130. The van der Waals surface area contributed by atoms with Gasteiger partial charge in [-0.1, -0.05) is 47.1 Å². The first kappa shape index (κ1) is 21.9. The van der Waals surface area contributed by atoms with Crippen molar-refractivity contribution in [2.45, 2.75) is 19.9 Å². The van der Waals surface area contributed by atoms with Crippen LogP contribution in [0.25, 0.3) is 21.3 Å². The van der Waals surface area contributed by atoms with Crippen molar-refractivity contribution in [2.24, 2.45) is 5.73 Å². The molecule has 0 fully saturated rings. The van der Waals surface area contributed by atoms with Gasteiger partial charge in [-0.25, -0.2) is 4.98 Å². The lowest BCUT2D eigenvalue weighted by atomic mass is 10.0. The molecule has 2 aromatic heterocycles. The average Bonchev–Trinajstić information content (AvgIpc) is 3.16. The maximum Gasteiger partial charge on any atom is 0.263 e. The molecule has 2 aromatic carbocycles. The summed E-state index contributed by atoms with van der Waals surface area (Å²) in [7, 11) is 0. The molecule has 0 spiro atoms. The third-order valence-corrected chi connectivity index (χ3v) is 6.76. The molecule has 0 saturated heterocycles. The van der Waals surface area contributed by atoms with E-state index in [1.165, 1.54) is 28.3 Å². The lowest BCUT2D eigenvalue weighted by molar-refractivity contribution is -0.116. The van der Waals surface area contributed by atoms with Crippen LogP contribution >= 0.6 is 27.3 Å². The van der Waals surface area contributed by atoms with Crippen molar-refractivity contribution in [3.05, 3.63) is 80.1 Å². The predicted octanol–water partition coefficient (Wildman–Crippen LogP) is 4.19. The van der Waals surface area contributed by atoms with Gasteiger partial charge in [-0.2, -0.15) is 0 Å². The number of nitrogens with zero attached hydrogens (tertiary/aromatic N) is 2. The number of hydrogen-bond donors (Lipinski definition) is 2. The third-order valence-electron chi connectivity index (χ3n) is 4.99. The van der Waals surface area contributed by atoms with Crippen molar-refractivity contribution in [3.63, 3.8) is 0 Å². The Morgan fingerprint density at radius 3 is 2.56 bits per heavy atom. The summed E-state index contributed by atoms with van der Waals surface area (Å²) in [4.78, 5) is 43.7. The van der Waals surface area contributed by atoms with Crippen molar-refractivity contribution in [1.29, 1.82) is 0 Å². The molecule has 4 rings (SSSR count). The molecule has 7 nitrogen and oxygen atoms in total. The van der Waals surface area contributed by atoms with E-state index in [0.717, 1.165) is 26.9 Å². The molecule has 2 heterocycles. The molecule has 9 heteroatoms. The second-order valence-corrected chi connectivity index (χ2v) is 9.08. The minimum Gasteiger partial charge on any atom is -0.366 e. The molecule has 0 saturated carbocycles. The fourth-order valence-electron chi connectivity index (χ4n) is 3.51. The van der Waals surface area contributed by atoms with Gasteiger partial charge in [0.15, 0.2) is 0 Å². The minimum atomic E-state index is -0.648. The van der Waals surface area contributed by atoms with Gasteiger partial charge in [0.25, 0.3) is 11.5 Å². The number of rotatable bonds is 6. The zero-order chi connectivity index (χ0) is 22.8. The highest BCUT2D eigenvalue weighted by Crippen LogP contribution is 2.36. The Labute approximate surface area is 196 Å². The Bertz CT molecular complexity index is 1390. The highest BCUT2D eigenvalue weighted by atomic mass is 79.9. The molecule has 0 unspecified atom stereocenters. The van der Waals surface area contributed by atoms with Crippen molar-refractivity contribution in [1.82, 2.24) is 9.55 Å². The summed E-state index contributed by atoms with van der Waals surface area (Å²) in [5.41, 5.74) is 7.35. The Kier molecular flexibility index (Phi) is 6.20. The van der Waals surface area contributed by atoms with Gasteiger partial charge >= 0.3 is 0 Å². The maximum atomic E-state index is 13.3. The van der Waals surface area contributed by atoms with E-state index < -0.39 is 11.8 Å². The normalized spacial score (nSPS) is 10.9. The standard InChI is InChI=1S/C23H19BrN4O3S/c1-2-17-19(13-7-9-14(24)10-8-13)20-22(32-17)26-12-28(23(20)31)11-18(29)27-16-6-4-3-5-15(16)21(25)30/h3-10,12H,2,11H2,1H3,(H2,25,30)(H,27,29). The topological polar surface area (TPSA) is 107 Å². The number of thiophene rings is 1. The first-order valence-corrected chi connectivity index (χ1v) is 11.5. The Hall–Kier alpha value is -3.30. The van der Waals surface area contributed by atoms with Crippen molar-refractivity contribution in [2.75, 3.05) is 5.32 Å². The number of nitrogens with two attached hydrogens (primary N) is 1. The maximum absolute atomic E-state index is 13.3. The first-order chi connectivity index (χ1) is 15.4. The molecule has 0 aliphatic carbocycles. The second kappa shape index (κ2) is 9.05. The number of amides is 2. The van der Waals surface area contributed by atoms with E-state index in [2.05, 4.69) is 26.2 Å². The van der Waals surface area contributed by atoms with E-state index >= 15 is 0 Å². The van der Waals surface area contributed by atoms with E-state index in [0.29, 0.717) is 15.9 Å². The van der Waals surface area contributed by atoms with Gasteiger partial charge in [0, 0.05) is 14.9 Å². The molecule has 4 aromatic rings. The quantitative estimate of drug-likeness (QED) is 0.405. The van der Waals surface area contributed by atoms with E-state index in [9.17, 15) is 14.4 Å². The number of aromatic nitrogens is 2. The molecular weight excluding hydrogens is 492 g/mol. The number of hydrogen-bond acceptors (Lipinski definition) is 5. The van der Waals surface area contributed by atoms with E-state index in [1.807, 2.05) is 31.2 Å². The first-order valence-electron chi connectivity index (χ1n) is 9.84. The molecule has 162 valence electrons. The van der Waals surface area contributed by atoms with Gasteiger partial charge in [-0.3, -0.25) is 19.0 Å². The van der Waals surface area contributed by atoms with Crippen molar-refractivity contribution >= 4 is 55.0 Å². The molecular formula is C23H19BrN4O3S. The molecule has 2 amide bonds. The predicted molar refractivity (Wildman–Crippen MR) is 130 cm³/mol. The van der Waals surface area contributed by atoms with Crippen LogP contribution in [-0.4, -0.2) is 21.4 Å². The summed E-state index contributed by atoms with van der Waals surface area (Å²) in [6, 6.07) is 14.2. The van der Waals surface area contributed by atoms with Gasteiger partial charge < -0.3 is 11.1 Å². The summed E-state index contributed by atoms with van der Waals surface area (Å²) < 4.78 is 2.22. The van der Waals surface area contributed by atoms with Crippen LogP contribution < -0.4 is 16.6 Å². The van der Waals surface area contributed by atoms with Crippen molar-refractivity contribution < 1.29 is 9.59 Å². The Morgan fingerprint density at radius 1 is 1.16 bits per heavy atom. The summed E-state index contributed by atoms with van der Waals surface area (Å²) in [5, 5.41) is 3.16. The summed E-state index contributed by atoms with van der Waals surface area (Å²) in [6.45, 7) is 1.79. The van der Waals surface area contributed by atoms with Gasteiger partial charge in [0.1, 0.15) is 11.4 Å². The largest absolute Gasteiger partial charge is 0.366 e. The fourth-order valence-corrected chi connectivity index (χ4v) is 4.86. The number of benzene rings is 2. The number of aryl methyl sites for hydroxylation is 1. The SMILES string of the molecule is CCc1sc2ncn(CC(=O)Nc3ccccc3C(N)=O)c(=O)c2c1-c1ccc(Br)cc1. The lowest BCUT2D eigenvalue weighted by Crippen LogP contribution is -2.28. The second-order valence-electron chi connectivity index (χ2n) is 7.08. The van der Waals surface area contributed by atoms with Crippen LogP contribution in [0, 0.1) is 0 Å².